The van der Waals surface area contributed by atoms with Gasteiger partial charge in [0.1, 0.15) is 0 Å². The molecule has 1 fully saturated rings. The van der Waals surface area contributed by atoms with E-state index in [1.54, 1.807) is 0 Å². The molecule has 0 bridgehead atoms. The molecular formula is C18H28FN. The second-order valence-electron chi connectivity index (χ2n) is 5.97. The van der Waals surface area contributed by atoms with Gasteiger partial charge in [-0.1, -0.05) is 30.7 Å². The molecule has 1 heterocycles. The van der Waals surface area contributed by atoms with Gasteiger partial charge < -0.3 is 4.90 Å². The zero-order valence-electron chi connectivity index (χ0n) is 12.6. The fourth-order valence-corrected chi connectivity index (χ4v) is 2.99. The average Bonchev–Trinajstić information content (AvgIpc) is 2.98. The Kier molecular flexibility index (Phi) is 7.07. The van der Waals surface area contributed by atoms with Gasteiger partial charge in [0.05, 0.1) is 6.67 Å². The summed E-state index contributed by atoms with van der Waals surface area (Å²) in [6.45, 7) is 3.69. The molecule has 112 valence electrons. The van der Waals surface area contributed by atoms with E-state index in [0.29, 0.717) is 6.42 Å². The Balaban J connectivity index is 1.63. The summed E-state index contributed by atoms with van der Waals surface area (Å²) in [5, 5.41) is 0. The molecule has 0 N–H and O–H groups in total. The predicted molar refractivity (Wildman–Crippen MR) is 84.0 cm³/mol. The molecule has 0 saturated carbocycles. The molecule has 0 aliphatic carbocycles. The van der Waals surface area contributed by atoms with E-state index in [0.717, 1.165) is 19.3 Å². The number of rotatable bonds is 9. The van der Waals surface area contributed by atoms with Crippen molar-refractivity contribution in [2.24, 2.45) is 0 Å². The number of likely N-dealkylation sites (tertiary alicyclic amines) is 1. The molecule has 1 aromatic rings. The first-order valence-corrected chi connectivity index (χ1v) is 8.24. The van der Waals surface area contributed by atoms with E-state index < -0.39 is 0 Å². The van der Waals surface area contributed by atoms with Gasteiger partial charge >= 0.3 is 0 Å². The van der Waals surface area contributed by atoms with Crippen molar-refractivity contribution in [2.75, 3.05) is 26.3 Å². The molecule has 1 aliphatic heterocycles. The first-order valence-electron chi connectivity index (χ1n) is 8.24. The molecule has 1 aliphatic rings. The third-order valence-electron chi connectivity index (χ3n) is 4.26. The number of hydrogen-bond donors (Lipinski definition) is 0. The van der Waals surface area contributed by atoms with Crippen molar-refractivity contribution in [1.29, 1.82) is 0 Å². The number of unbranched alkanes of at least 4 members (excludes halogenated alkanes) is 2. The highest BCUT2D eigenvalue weighted by Gasteiger charge is 2.10. The SMILES string of the molecule is FCCCCCc1ccc(CCCN2CCCC2)cc1. The lowest BCUT2D eigenvalue weighted by Crippen LogP contribution is -2.20. The van der Waals surface area contributed by atoms with Crippen LogP contribution in [-0.4, -0.2) is 31.2 Å². The highest BCUT2D eigenvalue weighted by Crippen LogP contribution is 2.12. The van der Waals surface area contributed by atoms with Gasteiger partial charge in [0.25, 0.3) is 0 Å². The minimum absolute atomic E-state index is 0.171. The van der Waals surface area contributed by atoms with E-state index >= 15 is 0 Å². The molecule has 0 aromatic heterocycles. The van der Waals surface area contributed by atoms with Crippen molar-refractivity contribution in [3.63, 3.8) is 0 Å². The summed E-state index contributed by atoms with van der Waals surface area (Å²) in [4.78, 5) is 2.58. The van der Waals surface area contributed by atoms with Crippen LogP contribution in [0.4, 0.5) is 4.39 Å². The standard InChI is InChI=1S/C18H28FN/c19-13-3-1-2-7-17-9-11-18(12-10-17)8-6-16-20-14-4-5-15-20/h9-12H,1-8,13-16H2. The first kappa shape index (κ1) is 15.5. The molecule has 0 atom stereocenters. The molecule has 0 unspecified atom stereocenters. The van der Waals surface area contributed by atoms with Crippen LogP contribution in [0.1, 0.15) is 49.7 Å². The molecule has 1 nitrogen and oxygen atoms in total. The maximum absolute atomic E-state index is 12.0. The van der Waals surface area contributed by atoms with Crippen molar-refractivity contribution in [2.45, 2.75) is 51.4 Å². The topological polar surface area (TPSA) is 3.24 Å². The van der Waals surface area contributed by atoms with E-state index in [1.165, 1.54) is 56.4 Å². The fraction of sp³-hybridized carbons (Fsp3) is 0.667. The minimum atomic E-state index is -0.171. The molecule has 20 heavy (non-hydrogen) atoms. The van der Waals surface area contributed by atoms with Crippen LogP contribution < -0.4 is 0 Å². The van der Waals surface area contributed by atoms with Gasteiger partial charge in [-0.25, -0.2) is 0 Å². The van der Waals surface area contributed by atoms with Crippen LogP contribution in [0.25, 0.3) is 0 Å². The smallest absolute Gasteiger partial charge is 0.0894 e. The van der Waals surface area contributed by atoms with Gasteiger partial charge in [-0.2, -0.15) is 0 Å². The lowest BCUT2D eigenvalue weighted by Gasteiger charge is -2.14. The van der Waals surface area contributed by atoms with Gasteiger partial charge in [-0.05, 0) is 75.7 Å². The van der Waals surface area contributed by atoms with E-state index in [2.05, 4.69) is 29.2 Å². The van der Waals surface area contributed by atoms with Crippen LogP contribution in [0, 0.1) is 0 Å². The Bertz CT molecular complexity index is 354. The summed E-state index contributed by atoms with van der Waals surface area (Å²) in [6, 6.07) is 9.05. The van der Waals surface area contributed by atoms with Crippen LogP contribution in [0.15, 0.2) is 24.3 Å². The maximum Gasteiger partial charge on any atom is 0.0894 e. The molecule has 1 aromatic carbocycles. The first-order chi connectivity index (χ1) is 9.88. The lowest BCUT2D eigenvalue weighted by molar-refractivity contribution is 0.334. The number of alkyl halides is 1. The van der Waals surface area contributed by atoms with Crippen LogP contribution in [0.3, 0.4) is 0 Å². The van der Waals surface area contributed by atoms with Crippen molar-refractivity contribution < 1.29 is 4.39 Å². The highest BCUT2D eigenvalue weighted by molar-refractivity contribution is 5.22. The highest BCUT2D eigenvalue weighted by atomic mass is 19.1. The number of hydrogen-bond acceptors (Lipinski definition) is 1. The number of halogens is 1. The van der Waals surface area contributed by atoms with Gasteiger partial charge in [-0.15, -0.1) is 0 Å². The number of benzene rings is 1. The quantitative estimate of drug-likeness (QED) is 0.605. The van der Waals surface area contributed by atoms with E-state index in [9.17, 15) is 4.39 Å². The van der Waals surface area contributed by atoms with Gasteiger partial charge in [0, 0.05) is 0 Å². The molecule has 0 amide bonds. The number of nitrogens with zero attached hydrogens (tertiary/aromatic N) is 1. The van der Waals surface area contributed by atoms with Crippen LogP contribution in [-0.2, 0) is 12.8 Å². The molecular weight excluding hydrogens is 249 g/mol. The largest absolute Gasteiger partial charge is 0.303 e. The zero-order chi connectivity index (χ0) is 14.0. The Hall–Kier alpha value is -0.890. The van der Waals surface area contributed by atoms with Crippen molar-refractivity contribution in [3.05, 3.63) is 35.4 Å². The molecule has 0 radical (unpaired) electrons. The van der Waals surface area contributed by atoms with Gasteiger partial charge in [0.15, 0.2) is 0 Å². The van der Waals surface area contributed by atoms with Crippen LogP contribution >= 0.6 is 0 Å². The summed E-state index contributed by atoms with van der Waals surface area (Å²) >= 11 is 0. The molecule has 1 saturated heterocycles. The van der Waals surface area contributed by atoms with E-state index in [1.807, 2.05) is 0 Å². The third-order valence-corrected chi connectivity index (χ3v) is 4.26. The Morgan fingerprint density at radius 1 is 0.800 bits per heavy atom. The fourth-order valence-electron chi connectivity index (χ4n) is 2.99. The summed E-state index contributed by atoms with van der Waals surface area (Å²) in [6.07, 6.45) is 9.16. The Labute approximate surface area is 123 Å². The maximum atomic E-state index is 12.0. The van der Waals surface area contributed by atoms with Crippen LogP contribution in [0.5, 0.6) is 0 Å². The normalized spacial score (nSPS) is 15.8. The monoisotopic (exact) mass is 277 g/mol. The van der Waals surface area contributed by atoms with E-state index in [4.69, 9.17) is 0 Å². The third kappa shape index (κ3) is 5.62. The lowest BCUT2D eigenvalue weighted by atomic mass is 10.0. The predicted octanol–water partition coefficient (Wildman–Crippen LogP) is 4.40. The summed E-state index contributed by atoms with van der Waals surface area (Å²) in [7, 11) is 0. The Morgan fingerprint density at radius 2 is 1.40 bits per heavy atom. The molecule has 0 spiro atoms. The van der Waals surface area contributed by atoms with E-state index in [-0.39, 0.29) is 6.67 Å². The van der Waals surface area contributed by atoms with Crippen LogP contribution in [0.2, 0.25) is 0 Å². The summed E-state index contributed by atoms with van der Waals surface area (Å²) in [5.41, 5.74) is 2.85. The van der Waals surface area contributed by atoms with Gasteiger partial charge in [0.2, 0.25) is 0 Å². The average molecular weight is 277 g/mol. The van der Waals surface area contributed by atoms with Crippen molar-refractivity contribution in [3.8, 4) is 0 Å². The molecule has 2 heteroatoms. The van der Waals surface area contributed by atoms with Crippen molar-refractivity contribution >= 4 is 0 Å². The Morgan fingerprint density at radius 3 is 2.00 bits per heavy atom. The zero-order valence-corrected chi connectivity index (χ0v) is 12.6. The van der Waals surface area contributed by atoms with Crippen molar-refractivity contribution in [1.82, 2.24) is 4.90 Å². The summed E-state index contributed by atoms with van der Waals surface area (Å²) in [5.74, 6) is 0. The summed E-state index contributed by atoms with van der Waals surface area (Å²) < 4.78 is 12.0. The minimum Gasteiger partial charge on any atom is -0.303 e. The number of aryl methyl sites for hydroxylation is 2. The second-order valence-corrected chi connectivity index (χ2v) is 5.97. The second kappa shape index (κ2) is 9.12. The van der Waals surface area contributed by atoms with Gasteiger partial charge in [-0.3, -0.25) is 4.39 Å². The molecule has 2 rings (SSSR count).